The van der Waals surface area contributed by atoms with E-state index in [9.17, 15) is 4.39 Å². The van der Waals surface area contributed by atoms with Gasteiger partial charge in [-0.1, -0.05) is 23.2 Å². The maximum Gasteiger partial charge on any atom is 0.141 e. The third kappa shape index (κ3) is 3.66. The van der Waals surface area contributed by atoms with Crippen molar-refractivity contribution in [3.05, 3.63) is 57.5 Å². The molecular weight excluding hydrogens is 400 g/mol. The summed E-state index contributed by atoms with van der Waals surface area (Å²) in [7, 11) is 0. The van der Waals surface area contributed by atoms with Gasteiger partial charge in [0, 0.05) is 28.9 Å². The minimum atomic E-state index is -0.607. The van der Waals surface area contributed by atoms with Gasteiger partial charge in [-0.15, -0.1) is 0 Å². The minimum Gasteiger partial charge on any atom is -0.376 e. The summed E-state index contributed by atoms with van der Waals surface area (Å²) in [6.07, 6.45) is 0.783. The molecule has 0 radical (unpaired) electrons. The van der Waals surface area contributed by atoms with E-state index < -0.39 is 6.67 Å². The highest BCUT2D eigenvalue weighted by Crippen LogP contribution is 2.34. The van der Waals surface area contributed by atoms with Crippen LogP contribution in [0.3, 0.4) is 0 Å². The Morgan fingerprint density at radius 1 is 1.14 bits per heavy atom. The van der Waals surface area contributed by atoms with E-state index in [1.807, 2.05) is 32.0 Å². The highest BCUT2D eigenvalue weighted by molar-refractivity contribution is 6.42. The van der Waals surface area contributed by atoms with Crippen molar-refractivity contribution in [3.8, 4) is 22.6 Å². The van der Waals surface area contributed by atoms with E-state index in [1.54, 1.807) is 12.1 Å². The first-order valence-corrected chi connectivity index (χ1v) is 9.92. The maximum absolute atomic E-state index is 13.3. The summed E-state index contributed by atoms with van der Waals surface area (Å²) in [6, 6.07) is 9.22. The number of ether oxygens (including phenoxy) is 1. The fraction of sp³-hybridized carbons (Fsp3) is 0.333. The Labute approximate surface area is 173 Å². The van der Waals surface area contributed by atoms with Gasteiger partial charge < -0.3 is 9.30 Å². The minimum absolute atomic E-state index is 0.0606. The molecule has 146 valence electrons. The molecule has 1 atom stereocenters. The van der Waals surface area contributed by atoms with Gasteiger partial charge in [0.2, 0.25) is 0 Å². The van der Waals surface area contributed by atoms with Crippen LogP contribution in [0.4, 0.5) is 4.39 Å². The van der Waals surface area contributed by atoms with E-state index in [-0.39, 0.29) is 6.10 Å². The smallest absolute Gasteiger partial charge is 0.141 e. The zero-order chi connectivity index (χ0) is 19.8. The van der Waals surface area contributed by atoms with Crippen molar-refractivity contribution in [3.63, 3.8) is 0 Å². The highest BCUT2D eigenvalue weighted by atomic mass is 35.5. The van der Waals surface area contributed by atoms with Crippen LogP contribution in [-0.2, 0) is 24.4 Å². The molecule has 0 fully saturated rings. The standard InChI is InChI=1S/C21H20Cl2FN3O/c1-12-7-15(8-16(10-24)25-12)20-19-5-6-28-13(2)11-27(19)21(26-20)14-3-4-17(22)18(23)9-14/h3-4,7-9,13H,5-6,10-11H2,1-2H3/t13-/m1/s1. The summed E-state index contributed by atoms with van der Waals surface area (Å²) in [5.41, 5.74) is 4.82. The van der Waals surface area contributed by atoms with Gasteiger partial charge in [-0.05, 0) is 44.2 Å². The Morgan fingerprint density at radius 2 is 1.96 bits per heavy atom. The van der Waals surface area contributed by atoms with Crippen molar-refractivity contribution < 1.29 is 9.13 Å². The van der Waals surface area contributed by atoms with Gasteiger partial charge in [0.1, 0.15) is 12.5 Å². The van der Waals surface area contributed by atoms with Crippen molar-refractivity contribution in [1.82, 2.24) is 14.5 Å². The molecule has 1 aromatic carbocycles. The highest BCUT2D eigenvalue weighted by Gasteiger charge is 2.24. The molecule has 0 bridgehead atoms. The van der Waals surface area contributed by atoms with E-state index in [2.05, 4.69) is 9.55 Å². The van der Waals surface area contributed by atoms with E-state index in [0.717, 1.165) is 40.5 Å². The van der Waals surface area contributed by atoms with Gasteiger partial charge in [-0.2, -0.15) is 0 Å². The average molecular weight is 420 g/mol. The number of fused-ring (bicyclic) bond motifs is 1. The molecule has 4 rings (SSSR count). The predicted octanol–water partition coefficient (Wildman–Crippen LogP) is 5.66. The molecule has 0 amide bonds. The number of hydrogen-bond donors (Lipinski definition) is 0. The van der Waals surface area contributed by atoms with Gasteiger partial charge in [-0.25, -0.2) is 9.37 Å². The summed E-state index contributed by atoms with van der Waals surface area (Å²) in [5, 5.41) is 0.984. The third-order valence-corrected chi connectivity index (χ3v) is 5.59. The van der Waals surface area contributed by atoms with Crippen LogP contribution in [0.25, 0.3) is 22.6 Å². The molecule has 3 heterocycles. The average Bonchev–Trinajstić information content (AvgIpc) is 2.90. The van der Waals surface area contributed by atoms with E-state index in [4.69, 9.17) is 32.9 Å². The Morgan fingerprint density at radius 3 is 2.71 bits per heavy atom. The van der Waals surface area contributed by atoms with Gasteiger partial charge in [0.05, 0.1) is 40.7 Å². The van der Waals surface area contributed by atoms with Gasteiger partial charge in [0.15, 0.2) is 0 Å². The molecule has 0 unspecified atom stereocenters. The van der Waals surface area contributed by atoms with E-state index in [1.165, 1.54) is 0 Å². The maximum atomic E-state index is 13.3. The van der Waals surface area contributed by atoms with Crippen LogP contribution in [0.15, 0.2) is 30.3 Å². The first-order valence-electron chi connectivity index (χ1n) is 9.16. The largest absolute Gasteiger partial charge is 0.376 e. The number of halogens is 3. The predicted molar refractivity (Wildman–Crippen MR) is 110 cm³/mol. The molecule has 0 spiro atoms. The number of hydrogen-bond acceptors (Lipinski definition) is 3. The fourth-order valence-electron chi connectivity index (χ4n) is 3.63. The lowest BCUT2D eigenvalue weighted by Gasteiger charge is -2.13. The molecule has 0 N–H and O–H groups in total. The molecule has 0 saturated carbocycles. The summed E-state index contributed by atoms with van der Waals surface area (Å²) in [4.78, 5) is 9.19. The Balaban J connectivity index is 1.93. The van der Waals surface area contributed by atoms with Crippen LogP contribution in [0.2, 0.25) is 10.0 Å². The topological polar surface area (TPSA) is 39.9 Å². The molecule has 1 aliphatic heterocycles. The van der Waals surface area contributed by atoms with Crippen molar-refractivity contribution in [1.29, 1.82) is 0 Å². The SMILES string of the molecule is Cc1cc(-c2nc(-c3ccc(Cl)c(Cl)c3)n3c2CCO[C@H](C)C3)cc(CF)n1. The van der Waals surface area contributed by atoms with E-state index in [0.29, 0.717) is 28.9 Å². The molecule has 3 aromatic rings. The van der Waals surface area contributed by atoms with Crippen LogP contribution < -0.4 is 0 Å². The molecule has 2 aromatic heterocycles. The second-order valence-corrected chi connectivity index (χ2v) is 7.84. The molecule has 0 aliphatic carbocycles. The van der Waals surface area contributed by atoms with Crippen LogP contribution >= 0.6 is 23.2 Å². The molecule has 0 saturated heterocycles. The number of imidazole rings is 1. The zero-order valence-electron chi connectivity index (χ0n) is 15.7. The second-order valence-electron chi connectivity index (χ2n) is 7.02. The fourth-order valence-corrected chi connectivity index (χ4v) is 3.93. The van der Waals surface area contributed by atoms with Gasteiger partial charge in [-0.3, -0.25) is 4.98 Å². The summed E-state index contributed by atoms with van der Waals surface area (Å²) >= 11 is 12.3. The summed E-state index contributed by atoms with van der Waals surface area (Å²) in [6.45, 7) is 4.59. The Bertz CT molecular complexity index is 1030. The van der Waals surface area contributed by atoms with Gasteiger partial charge >= 0.3 is 0 Å². The van der Waals surface area contributed by atoms with Crippen LogP contribution in [-0.4, -0.2) is 27.2 Å². The molecular formula is C21H20Cl2FN3O. The lowest BCUT2D eigenvalue weighted by molar-refractivity contribution is 0.0666. The lowest BCUT2D eigenvalue weighted by Crippen LogP contribution is -2.14. The van der Waals surface area contributed by atoms with Crippen LogP contribution in [0.1, 0.15) is 24.0 Å². The van der Waals surface area contributed by atoms with Crippen molar-refractivity contribution in [2.45, 2.75) is 39.6 Å². The van der Waals surface area contributed by atoms with Crippen molar-refractivity contribution >= 4 is 23.2 Å². The first-order chi connectivity index (χ1) is 13.5. The van der Waals surface area contributed by atoms with Crippen LogP contribution in [0, 0.1) is 6.92 Å². The normalized spacial score (nSPS) is 16.7. The zero-order valence-corrected chi connectivity index (χ0v) is 17.2. The Hall–Kier alpha value is -1.95. The first kappa shape index (κ1) is 19.4. The monoisotopic (exact) mass is 419 g/mol. The second kappa shape index (κ2) is 7.82. The Kier molecular flexibility index (Phi) is 5.41. The number of pyridine rings is 1. The molecule has 28 heavy (non-hydrogen) atoms. The van der Waals surface area contributed by atoms with Crippen molar-refractivity contribution in [2.24, 2.45) is 0 Å². The van der Waals surface area contributed by atoms with E-state index >= 15 is 0 Å². The molecule has 7 heteroatoms. The number of benzene rings is 1. The number of alkyl halides is 1. The summed E-state index contributed by atoms with van der Waals surface area (Å²) in [5.74, 6) is 0.803. The molecule has 4 nitrogen and oxygen atoms in total. The number of aromatic nitrogens is 3. The molecule has 1 aliphatic rings. The number of rotatable bonds is 3. The van der Waals surface area contributed by atoms with Gasteiger partial charge in [0.25, 0.3) is 0 Å². The number of nitrogens with zero attached hydrogens (tertiary/aromatic N) is 3. The lowest BCUT2D eigenvalue weighted by atomic mass is 10.1. The summed E-state index contributed by atoms with van der Waals surface area (Å²) < 4.78 is 21.3. The number of aryl methyl sites for hydroxylation is 1. The third-order valence-electron chi connectivity index (χ3n) is 4.85. The van der Waals surface area contributed by atoms with Crippen molar-refractivity contribution in [2.75, 3.05) is 6.61 Å². The quantitative estimate of drug-likeness (QED) is 0.549. The van der Waals surface area contributed by atoms with Crippen LogP contribution in [0.5, 0.6) is 0 Å².